The topological polar surface area (TPSA) is 105 Å². The fourth-order valence-electron chi connectivity index (χ4n) is 4.14. The van der Waals surface area contributed by atoms with Gasteiger partial charge in [0, 0.05) is 12.3 Å². The number of carbonyl (C=O) groups excluding carboxylic acids is 2. The molecule has 1 aliphatic carbocycles. The summed E-state index contributed by atoms with van der Waals surface area (Å²) in [7, 11) is 0. The third-order valence-corrected chi connectivity index (χ3v) is 5.92. The molecule has 0 radical (unpaired) electrons. The van der Waals surface area contributed by atoms with Crippen molar-refractivity contribution in [3.8, 4) is 23.5 Å². The van der Waals surface area contributed by atoms with E-state index in [1.54, 1.807) is 0 Å². The number of benzene rings is 2. The van der Waals surface area contributed by atoms with Crippen molar-refractivity contribution in [2.24, 2.45) is 5.92 Å². The minimum atomic E-state index is -1.13. The zero-order valence-electron chi connectivity index (χ0n) is 19.4. The largest absolute Gasteiger partial charge is 0.480 e. The third-order valence-electron chi connectivity index (χ3n) is 5.92. The lowest BCUT2D eigenvalue weighted by Crippen LogP contribution is -2.51. The van der Waals surface area contributed by atoms with Crippen LogP contribution in [-0.4, -0.2) is 41.8 Å². The second-order valence-electron chi connectivity index (χ2n) is 8.80. The monoisotopic (exact) mass is 462 g/mol. The number of amides is 2. The van der Waals surface area contributed by atoms with Gasteiger partial charge in [0.1, 0.15) is 18.7 Å². The number of aliphatic carboxylic acids is 1. The minimum absolute atomic E-state index is 0.0907. The van der Waals surface area contributed by atoms with E-state index >= 15 is 0 Å². The summed E-state index contributed by atoms with van der Waals surface area (Å²) in [4.78, 5) is 36.8. The van der Waals surface area contributed by atoms with Gasteiger partial charge >= 0.3 is 12.1 Å². The number of carbonyl (C=O) groups is 3. The molecule has 0 bridgehead atoms. The summed E-state index contributed by atoms with van der Waals surface area (Å²) < 4.78 is 5.48. The number of fused-ring (bicyclic) bond motifs is 3. The summed E-state index contributed by atoms with van der Waals surface area (Å²) in [6.07, 6.45) is 5.42. The highest BCUT2D eigenvalue weighted by atomic mass is 16.5. The van der Waals surface area contributed by atoms with Crippen LogP contribution in [0.15, 0.2) is 48.5 Å². The van der Waals surface area contributed by atoms with Crippen LogP contribution < -0.4 is 10.6 Å². The summed E-state index contributed by atoms with van der Waals surface area (Å²) in [5.74, 6) is 0.742. The first-order valence-corrected chi connectivity index (χ1v) is 11.4. The molecular formula is C27H30N2O5. The van der Waals surface area contributed by atoms with Crippen LogP contribution in [-0.2, 0) is 14.3 Å². The van der Waals surface area contributed by atoms with Crippen LogP contribution in [0.3, 0.4) is 0 Å². The van der Waals surface area contributed by atoms with E-state index in [1.807, 2.05) is 62.4 Å². The molecule has 2 aromatic carbocycles. The minimum Gasteiger partial charge on any atom is -0.480 e. The predicted octanol–water partition coefficient (Wildman–Crippen LogP) is 3.92. The summed E-state index contributed by atoms with van der Waals surface area (Å²) in [5, 5.41) is 14.4. The van der Waals surface area contributed by atoms with E-state index in [2.05, 4.69) is 16.6 Å². The van der Waals surface area contributed by atoms with Crippen molar-refractivity contribution in [3.63, 3.8) is 0 Å². The van der Waals surface area contributed by atoms with Crippen molar-refractivity contribution >= 4 is 18.0 Å². The zero-order valence-corrected chi connectivity index (χ0v) is 19.4. The van der Waals surface area contributed by atoms with Crippen LogP contribution in [0.1, 0.15) is 50.2 Å². The van der Waals surface area contributed by atoms with Crippen LogP contribution in [0.5, 0.6) is 0 Å². The van der Waals surface area contributed by atoms with Crippen molar-refractivity contribution < 1.29 is 24.2 Å². The second-order valence-corrected chi connectivity index (χ2v) is 8.80. The molecular weight excluding hydrogens is 432 g/mol. The number of carboxylic acids is 1. The van der Waals surface area contributed by atoms with Crippen molar-refractivity contribution in [1.29, 1.82) is 0 Å². The summed E-state index contributed by atoms with van der Waals surface area (Å²) in [5.41, 5.74) is 4.36. The van der Waals surface area contributed by atoms with Gasteiger partial charge < -0.3 is 20.5 Å². The van der Waals surface area contributed by atoms with Crippen molar-refractivity contribution in [1.82, 2.24) is 10.6 Å². The lowest BCUT2D eigenvalue weighted by atomic mass is 9.98. The van der Waals surface area contributed by atoms with E-state index in [0.717, 1.165) is 22.3 Å². The molecule has 178 valence electrons. The number of hydrogen-bond acceptors (Lipinski definition) is 4. The summed E-state index contributed by atoms with van der Waals surface area (Å²) in [6, 6.07) is 13.8. The Morgan fingerprint density at radius 2 is 1.56 bits per heavy atom. The highest BCUT2D eigenvalue weighted by molar-refractivity contribution is 5.89. The van der Waals surface area contributed by atoms with E-state index in [1.165, 1.54) is 0 Å². The van der Waals surface area contributed by atoms with Gasteiger partial charge in [-0.15, -0.1) is 12.3 Å². The fraction of sp³-hybridized carbons (Fsp3) is 0.370. The number of ether oxygens (including phenoxy) is 1. The standard InChI is InChI=1S/C27H30N2O5/c1-4-9-23(25(30)28-24(26(31)32)15-14-17(2)3)29-27(33)34-16-22-20-12-7-5-10-18(20)19-11-6-8-13-21(19)22/h1,5-8,10-13,17,22-24H,9,14-16H2,2-3H3,(H,28,30)(H,29,33)(H,31,32). The number of rotatable bonds is 10. The Labute approximate surface area is 199 Å². The molecule has 0 aromatic heterocycles. The highest BCUT2D eigenvalue weighted by Gasteiger charge is 2.30. The molecule has 3 rings (SSSR count). The molecule has 0 aliphatic heterocycles. The van der Waals surface area contributed by atoms with Crippen LogP contribution in [0.25, 0.3) is 11.1 Å². The van der Waals surface area contributed by atoms with Gasteiger partial charge in [-0.3, -0.25) is 4.79 Å². The smallest absolute Gasteiger partial charge is 0.407 e. The molecule has 2 unspecified atom stereocenters. The predicted molar refractivity (Wildman–Crippen MR) is 129 cm³/mol. The molecule has 2 aromatic rings. The van der Waals surface area contributed by atoms with Gasteiger partial charge in [0.25, 0.3) is 0 Å². The van der Waals surface area contributed by atoms with E-state index in [-0.39, 0.29) is 25.4 Å². The molecule has 7 heteroatoms. The van der Waals surface area contributed by atoms with Gasteiger partial charge in [-0.05, 0) is 41.0 Å². The van der Waals surface area contributed by atoms with E-state index in [9.17, 15) is 19.5 Å². The van der Waals surface area contributed by atoms with Crippen molar-refractivity contribution in [2.75, 3.05) is 6.61 Å². The maximum Gasteiger partial charge on any atom is 0.407 e. The van der Waals surface area contributed by atoms with E-state index < -0.39 is 30.1 Å². The molecule has 2 atom stereocenters. The van der Waals surface area contributed by atoms with Crippen LogP contribution in [0.4, 0.5) is 4.79 Å². The lowest BCUT2D eigenvalue weighted by Gasteiger charge is -2.21. The number of carboxylic acid groups (broad SMARTS) is 1. The van der Waals surface area contributed by atoms with Crippen molar-refractivity contribution in [3.05, 3.63) is 59.7 Å². The normalized spacial score (nSPS) is 13.8. The Hall–Kier alpha value is -3.79. The Balaban J connectivity index is 1.63. The Bertz CT molecular complexity index is 1040. The molecule has 0 saturated carbocycles. The molecule has 0 saturated heterocycles. The molecule has 1 aliphatic rings. The van der Waals surface area contributed by atoms with Gasteiger partial charge in [-0.25, -0.2) is 9.59 Å². The van der Waals surface area contributed by atoms with Gasteiger partial charge in [0.2, 0.25) is 5.91 Å². The SMILES string of the molecule is C#CCC(NC(=O)OCC1c2ccccc2-c2ccccc21)C(=O)NC(CCC(C)C)C(=O)O. The molecule has 0 fully saturated rings. The first kappa shape index (κ1) is 24.8. The van der Waals surface area contributed by atoms with Gasteiger partial charge in [-0.1, -0.05) is 62.4 Å². The average Bonchev–Trinajstić information content (AvgIpc) is 3.13. The lowest BCUT2D eigenvalue weighted by molar-refractivity contribution is -0.142. The number of alkyl carbamates (subject to hydrolysis) is 1. The molecule has 0 heterocycles. The first-order chi connectivity index (χ1) is 16.3. The number of hydrogen-bond donors (Lipinski definition) is 3. The van der Waals surface area contributed by atoms with Crippen molar-refractivity contribution in [2.45, 2.75) is 51.1 Å². The van der Waals surface area contributed by atoms with Gasteiger partial charge in [-0.2, -0.15) is 0 Å². The highest BCUT2D eigenvalue weighted by Crippen LogP contribution is 2.44. The van der Waals surface area contributed by atoms with Crippen LogP contribution in [0, 0.1) is 18.3 Å². The van der Waals surface area contributed by atoms with Gasteiger partial charge in [0.15, 0.2) is 0 Å². The van der Waals surface area contributed by atoms with Crippen LogP contribution in [0.2, 0.25) is 0 Å². The molecule has 0 spiro atoms. The Morgan fingerprint density at radius 3 is 2.09 bits per heavy atom. The first-order valence-electron chi connectivity index (χ1n) is 11.4. The van der Waals surface area contributed by atoms with E-state index in [4.69, 9.17) is 11.2 Å². The zero-order chi connectivity index (χ0) is 24.7. The molecule has 34 heavy (non-hydrogen) atoms. The summed E-state index contributed by atoms with van der Waals surface area (Å²) in [6.45, 7) is 4.04. The maximum absolute atomic E-state index is 12.7. The third kappa shape index (κ3) is 5.96. The van der Waals surface area contributed by atoms with Gasteiger partial charge in [0.05, 0.1) is 0 Å². The fourth-order valence-corrected chi connectivity index (χ4v) is 4.14. The number of terminal acetylenes is 1. The summed E-state index contributed by atoms with van der Waals surface area (Å²) >= 11 is 0. The molecule has 3 N–H and O–H groups in total. The van der Waals surface area contributed by atoms with E-state index in [0.29, 0.717) is 12.3 Å². The molecule has 2 amide bonds. The van der Waals surface area contributed by atoms with Crippen LogP contribution >= 0.6 is 0 Å². The quantitative estimate of drug-likeness (QED) is 0.464. The average molecular weight is 463 g/mol. The Morgan fingerprint density at radius 1 is 0.971 bits per heavy atom. The number of nitrogens with one attached hydrogen (secondary N) is 2. The Kier molecular flexibility index (Phi) is 8.31. The molecule has 7 nitrogen and oxygen atoms in total. The second kappa shape index (κ2) is 11.4. The maximum atomic E-state index is 12.7.